The summed E-state index contributed by atoms with van der Waals surface area (Å²) in [5.74, 6) is 2.26. The van der Waals surface area contributed by atoms with Crippen LogP contribution in [0.4, 0.5) is 0 Å². The van der Waals surface area contributed by atoms with E-state index in [-0.39, 0.29) is 12.3 Å². The minimum absolute atomic E-state index is 0.0282. The van der Waals surface area contributed by atoms with E-state index in [1.54, 1.807) is 44.6 Å². The Bertz CT molecular complexity index is 897. The summed E-state index contributed by atoms with van der Waals surface area (Å²) in [6.45, 7) is 0.885. The average molecular weight is 395 g/mol. The Kier molecular flexibility index (Phi) is 6.79. The molecular formula is C23H25NO5. The largest absolute Gasteiger partial charge is 0.493 e. The van der Waals surface area contributed by atoms with Crippen LogP contribution in [0.25, 0.3) is 0 Å². The number of methoxy groups -OCH3 is 3. The summed E-state index contributed by atoms with van der Waals surface area (Å²) in [5, 5.41) is 0. The Labute approximate surface area is 170 Å². The third kappa shape index (κ3) is 5.10. The summed E-state index contributed by atoms with van der Waals surface area (Å²) in [6.07, 6.45) is 1.81. The van der Waals surface area contributed by atoms with Crippen molar-refractivity contribution >= 4 is 5.91 Å². The summed E-state index contributed by atoms with van der Waals surface area (Å²) >= 11 is 0. The molecule has 0 bridgehead atoms. The second-order valence-electron chi connectivity index (χ2n) is 6.53. The SMILES string of the molecule is COc1cc(CC(=O)N(Cc2ccccc2)Cc2ccco2)cc(OC)c1OC. The van der Waals surface area contributed by atoms with Crippen LogP contribution >= 0.6 is 0 Å². The molecule has 0 saturated heterocycles. The van der Waals surface area contributed by atoms with E-state index in [1.165, 1.54) is 0 Å². The van der Waals surface area contributed by atoms with Gasteiger partial charge in [0.1, 0.15) is 5.76 Å². The van der Waals surface area contributed by atoms with Gasteiger partial charge in [-0.1, -0.05) is 30.3 Å². The molecule has 1 aromatic heterocycles. The lowest BCUT2D eigenvalue weighted by molar-refractivity contribution is -0.132. The number of hydrogen-bond acceptors (Lipinski definition) is 5. The van der Waals surface area contributed by atoms with Gasteiger partial charge >= 0.3 is 0 Å². The maximum absolute atomic E-state index is 13.2. The van der Waals surface area contributed by atoms with Crippen LogP contribution in [-0.2, 0) is 24.3 Å². The van der Waals surface area contributed by atoms with Gasteiger partial charge in [0.2, 0.25) is 11.7 Å². The molecule has 6 heteroatoms. The van der Waals surface area contributed by atoms with Crippen molar-refractivity contribution in [2.24, 2.45) is 0 Å². The molecular weight excluding hydrogens is 370 g/mol. The highest BCUT2D eigenvalue weighted by Gasteiger charge is 2.19. The molecule has 0 N–H and O–H groups in total. The predicted octanol–water partition coefficient (Wildman–Crippen LogP) is 4.08. The first-order valence-corrected chi connectivity index (χ1v) is 9.27. The van der Waals surface area contributed by atoms with Crippen molar-refractivity contribution in [1.82, 2.24) is 4.90 Å². The van der Waals surface area contributed by atoms with Gasteiger partial charge in [-0.3, -0.25) is 4.79 Å². The normalized spacial score (nSPS) is 10.4. The molecule has 0 spiro atoms. The average Bonchev–Trinajstić information content (AvgIpc) is 3.26. The molecule has 1 amide bonds. The second-order valence-corrected chi connectivity index (χ2v) is 6.53. The van der Waals surface area contributed by atoms with Crippen LogP contribution in [0.5, 0.6) is 17.2 Å². The van der Waals surface area contributed by atoms with Gasteiger partial charge in [-0.25, -0.2) is 0 Å². The number of rotatable bonds is 9. The number of amides is 1. The Balaban J connectivity index is 1.84. The highest BCUT2D eigenvalue weighted by Crippen LogP contribution is 2.38. The van der Waals surface area contributed by atoms with Crippen molar-refractivity contribution in [3.8, 4) is 17.2 Å². The van der Waals surface area contributed by atoms with Gasteiger partial charge in [0.25, 0.3) is 0 Å². The third-order valence-electron chi connectivity index (χ3n) is 4.58. The molecule has 0 saturated carbocycles. The van der Waals surface area contributed by atoms with Crippen LogP contribution in [0.1, 0.15) is 16.9 Å². The van der Waals surface area contributed by atoms with E-state index in [1.807, 2.05) is 42.5 Å². The fraction of sp³-hybridized carbons (Fsp3) is 0.261. The number of nitrogens with zero attached hydrogens (tertiary/aromatic N) is 1. The number of benzene rings is 2. The first kappa shape index (κ1) is 20.3. The van der Waals surface area contributed by atoms with Crippen LogP contribution in [0.2, 0.25) is 0 Å². The van der Waals surface area contributed by atoms with Crippen molar-refractivity contribution in [3.05, 3.63) is 77.7 Å². The van der Waals surface area contributed by atoms with Gasteiger partial charge in [-0.2, -0.15) is 0 Å². The van der Waals surface area contributed by atoms with Gasteiger partial charge in [0.15, 0.2) is 11.5 Å². The third-order valence-corrected chi connectivity index (χ3v) is 4.58. The van der Waals surface area contributed by atoms with Gasteiger partial charge < -0.3 is 23.5 Å². The van der Waals surface area contributed by atoms with Gasteiger partial charge in [-0.05, 0) is 35.4 Å². The molecule has 0 aliphatic rings. The summed E-state index contributed by atoms with van der Waals surface area (Å²) in [4.78, 5) is 14.9. The second kappa shape index (κ2) is 9.68. The molecule has 6 nitrogen and oxygen atoms in total. The van der Waals surface area contributed by atoms with E-state index in [0.29, 0.717) is 30.3 Å². The maximum atomic E-state index is 13.2. The van der Waals surface area contributed by atoms with Crippen LogP contribution in [-0.4, -0.2) is 32.1 Å². The Morgan fingerprint density at radius 3 is 2.10 bits per heavy atom. The zero-order chi connectivity index (χ0) is 20.6. The van der Waals surface area contributed by atoms with Crippen molar-refractivity contribution in [2.75, 3.05) is 21.3 Å². The molecule has 29 heavy (non-hydrogen) atoms. The van der Waals surface area contributed by atoms with E-state index in [2.05, 4.69) is 0 Å². The number of carbonyl (C=O) groups is 1. The number of ether oxygens (including phenoxy) is 3. The zero-order valence-electron chi connectivity index (χ0n) is 16.9. The molecule has 0 aliphatic carbocycles. The van der Waals surface area contributed by atoms with E-state index in [4.69, 9.17) is 18.6 Å². The van der Waals surface area contributed by atoms with E-state index >= 15 is 0 Å². The minimum atomic E-state index is -0.0282. The lowest BCUT2D eigenvalue weighted by Crippen LogP contribution is -2.31. The van der Waals surface area contributed by atoms with Crippen molar-refractivity contribution in [1.29, 1.82) is 0 Å². The Morgan fingerprint density at radius 1 is 0.862 bits per heavy atom. The number of furan rings is 1. The molecule has 3 rings (SSSR count). The Hall–Kier alpha value is -3.41. The number of carbonyl (C=O) groups excluding carboxylic acids is 1. The summed E-state index contributed by atoms with van der Waals surface area (Å²) in [7, 11) is 4.67. The van der Waals surface area contributed by atoms with Crippen molar-refractivity contribution in [3.63, 3.8) is 0 Å². The van der Waals surface area contributed by atoms with Gasteiger partial charge in [0, 0.05) is 6.54 Å². The lowest BCUT2D eigenvalue weighted by Gasteiger charge is -2.22. The van der Waals surface area contributed by atoms with E-state index in [9.17, 15) is 4.79 Å². The fourth-order valence-corrected chi connectivity index (χ4v) is 3.15. The summed E-state index contributed by atoms with van der Waals surface area (Å²) < 4.78 is 21.6. The highest BCUT2D eigenvalue weighted by molar-refractivity contribution is 5.79. The van der Waals surface area contributed by atoms with E-state index < -0.39 is 0 Å². The topological polar surface area (TPSA) is 61.1 Å². The molecule has 0 atom stereocenters. The van der Waals surface area contributed by atoms with Crippen molar-refractivity contribution in [2.45, 2.75) is 19.5 Å². The quantitative estimate of drug-likeness (QED) is 0.546. The zero-order valence-corrected chi connectivity index (χ0v) is 16.9. The predicted molar refractivity (Wildman–Crippen MR) is 109 cm³/mol. The van der Waals surface area contributed by atoms with Gasteiger partial charge in [-0.15, -0.1) is 0 Å². The summed E-state index contributed by atoms with van der Waals surface area (Å²) in [6, 6.07) is 17.2. The molecule has 3 aromatic rings. The van der Waals surface area contributed by atoms with Crippen LogP contribution in [0, 0.1) is 0 Å². The standard InChI is InChI=1S/C23H25NO5/c1-26-20-12-18(13-21(27-2)23(20)28-3)14-22(25)24(16-19-10-7-11-29-19)15-17-8-5-4-6-9-17/h4-13H,14-16H2,1-3H3. The molecule has 0 radical (unpaired) electrons. The molecule has 1 heterocycles. The lowest BCUT2D eigenvalue weighted by atomic mass is 10.1. The molecule has 0 unspecified atom stereocenters. The van der Waals surface area contributed by atoms with Gasteiger partial charge in [0.05, 0.1) is 40.6 Å². The fourth-order valence-electron chi connectivity index (χ4n) is 3.15. The smallest absolute Gasteiger partial charge is 0.227 e. The summed E-state index contributed by atoms with van der Waals surface area (Å²) in [5.41, 5.74) is 1.83. The molecule has 0 fully saturated rings. The minimum Gasteiger partial charge on any atom is -0.493 e. The molecule has 152 valence electrons. The number of hydrogen-bond donors (Lipinski definition) is 0. The maximum Gasteiger partial charge on any atom is 0.227 e. The van der Waals surface area contributed by atoms with Crippen LogP contribution in [0.3, 0.4) is 0 Å². The highest BCUT2D eigenvalue weighted by atomic mass is 16.5. The first-order chi connectivity index (χ1) is 14.1. The van der Waals surface area contributed by atoms with Crippen molar-refractivity contribution < 1.29 is 23.4 Å². The van der Waals surface area contributed by atoms with E-state index in [0.717, 1.165) is 16.9 Å². The first-order valence-electron chi connectivity index (χ1n) is 9.27. The monoisotopic (exact) mass is 395 g/mol. The van der Waals surface area contributed by atoms with Crippen LogP contribution in [0.15, 0.2) is 65.3 Å². The molecule has 0 aliphatic heterocycles. The molecule has 2 aromatic carbocycles. The Morgan fingerprint density at radius 2 is 1.55 bits per heavy atom. The van der Waals surface area contributed by atoms with Crippen LogP contribution < -0.4 is 14.2 Å².